The van der Waals surface area contributed by atoms with Crippen LogP contribution < -0.4 is 4.74 Å². The molecule has 1 aromatic heterocycles. The Labute approximate surface area is 121 Å². The van der Waals surface area contributed by atoms with Gasteiger partial charge in [-0.05, 0) is 37.3 Å². The first-order valence-corrected chi connectivity index (χ1v) is 6.82. The molecule has 104 valence electrons. The van der Waals surface area contributed by atoms with Crippen molar-refractivity contribution in [3.63, 3.8) is 0 Å². The highest BCUT2D eigenvalue weighted by Gasteiger charge is 2.03. The molecule has 1 aromatic carbocycles. The minimum absolute atomic E-state index is 0.754. The van der Waals surface area contributed by atoms with Gasteiger partial charge in [-0.3, -0.25) is 4.98 Å². The lowest BCUT2D eigenvalue weighted by molar-refractivity contribution is 0.449. The van der Waals surface area contributed by atoms with Gasteiger partial charge in [0, 0.05) is 11.6 Å². The molecule has 0 atom stereocenters. The minimum atomic E-state index is 0.754. The van der Waals surface area contributed by atoms with Crippen LogP contribution in [0.3, 0.4) is 0 Å². The third-order valence-electron chi connectivity index (χ3n) is 2.45. The maximum Gasteiger partial charge on any atom is 0.138 e. The SMILES string of the molecule is C=C/C=C(\C=C/C)Oc1ccnc2ccccc12.CC. The predicted molar refractivity (Wildman–Crippen MR) is 86.8 cm³/mol. The third-order valence-corrected chi connectivity index (χ3v) is 2.45. The topological polar surface area (TPSA) is 22.1 Å². The summed E-state index contributed by atoms with van der Waals surface area (Å²) < 4.78 is 5.87. The summed E-state index contributed by atoms with van der Waals surface area (Å²) in [7, 11) is 0. The van der Waals surface area contributed by atoms with Gasteiger partial charge in [-0.25, -0.2) is 0 Å². The van der Waals surface area contributed by atoms with Crippen LogP contribution in [0.5, 0.6) is 5.75 Å². The van der Waals surface area contributed by atoms with Crippen molar-refractivity contribution in [1.29, 1.82) is 0 Å². The van der Waals surface area contributed by atoms with Crippen molar-refractivity contribution in [3.8, 4) is 5.75 Å². The summed E-state index contributed by atoms with van der Waals surface area (Å²) in [5.74, 6) is 1.55. The van der Waals surface area contributed by atoms with Crippen LogP contribution in [0.1, 0.15) is 20.8 Å². The number of ether oxygens (including phenoxy) is 1. The van der Waals surface area contributed by atoms with E-state index >= 15 is 0 Å². The highest BCUT2D eigenvalue weighted by atomic mass is 16.5. The number of hydrogen-bond acceptors (Lipinski definition) is 2. The molecule has 0 saturated heterocycles. The van der Waals surface area contributed by atoms with Crippen molar-refractivity contribution in [2.75, 3.05) is 0 Å². The van der Waals surface area contributed by atoms with Gasteiger partial charge in [0.2, 0.25) is 0 Å². The Morgan fingerprint density at radius 1 is 1.20 bits per heavy atom. The van der Waals surface area contributed by atoms with Crippen LogP contribution in [0.25, 0.3) is 10.9 Å². The monoisotopic (exact) mass is 267 g/mol. The van der Waals surface area contributed by atoms with Crippen molar-refractivity contribution in [1.82, 2.24) is 4.98 Å². The summed E-state index contributed by atoms with van der Waals surface area (Å²) in [6.45, 7) is 9.63. The van der Waals surface area contributed by atoms with E-state index < -0.39 is 0 Å². The largest absolute Gasteiger partial charge is 0.457 e. The van der Waals surface area contributed by atoms with E-state index in [2.05, 4.69) is 11.6 Å². The fourth-order valence-electron chi connectivity index (χ4n) is 1.69. The van der Waals surface area contributed by atoms with Crippen molar-refractivity contribution < 1.29 is 4.74 Å². The summed E-state index contributed by atoms with van der Waals surface area (Å²) in [5, 5.41) is 1.000. The van der Waals surface area contributed by atoms with Crippen LogP contribution in [0.2, 0.25) is 0 Å². The summed E-state index contributed by atoms with van der Waals surface area (Å²) >= 11 is 0. The van der Waals surface area contributed by atoms with Crippen LogP contribution in [-0.4, -0.2) is 4.98 Å². The second kappa shape index (κ2) is 8.70. The van der Waals surface area contributed by atoms with Crippen LogP contribution in [-0.2, 0) is 0 Å². The molecule has 0 aliphatic rings. The second-order valence-electron chi connectivity index (χ2n) is 3.73. The number of fused-ring (bicyclic) bond motifs is 1. The van der Waals surface area contributed by atoms with Crippen molar-refractivity contribution in [2.24, 2.45) is 0 Å². The van der Waals surface area contributed by atoms with Gasteiger partial charge < -0.3 is 4.74 Å². The molecule has 2 aromatic rings. The summed E-state index contributed by atoms with van der Waals surface area (Å²) in [4.78, 5) is 4.30. The summed E-state index contributed by atoms with van der Waals surface area (Å²) in [6.07, 6.45) is 9.11. The number of benzene rings is 1. The van der Waals surface area contributed by atoms with Crippen LogP contribution in [0.4, 0.5) is 0 Å². The van der Waals surface area contributed by atoms with E-state index in [0.717, 1.165) is 22.4 Å². The fourth-order valence-corrected chi connectivity index (χ4v) is 1.69. The lowest BCUT2D eigenvalue weighted by Crippen LogP contribution is -1.93. The molecule has 0 bridgehead atoms. The van der Waals surface area contributed by atoms with E-state index in [1.165, 1.54) is 0 Å². The van der Waals surface area contributed by atoms with Crippen LogP contribution in [0.15, 0.2) is 73.2 Å². The number of hydrogen-bond donors (Lipinski definition) is 0. The molecular weight excluding hydrogens is 246 g/mol. The zero-order valence-electron chi connectivity index (χ0n) is 12.3. The molecule has 2 heteroatoms. The fraction of sp³-hybridized carbons (Fsp3) is 0.167. The van der Waals surface area contributed by atoms with E-state index in [1.807, 2.05) is 69.3 Å². The molecule has 0 N–H and O–H groups in total. The van der Waals surface area contributed by atoms with Gasteiger partial charge in [-0.2, -0.15) is 0 Å². The maximum absolute atomic E-state index is 5.87. The smallest absolute Gasteiger partial charge is 0.138 e. The number of rotatable bonds is 4. The van der Waals surface area contributed by atoms with E-state index in [1.54, 1.807) is 12.3 Å². The second-order valence-corrected chi connectivity index (χ2v) is 3.73. The molecule has 0 unspecified atom stereocenters. The number of aromatic nitrogens is 1. The minimum Gasteiger partial charge on any atom is -0.457 e. The lowest BCUT2D eigenvalue weighted by atomic mass is 10.2. The first-order chi connectivity index (χ1) is 9.85. The zero-order valence-corrected chi connectivity index (χ0v) is 12.3. The van der Waals surface area contributed by atoms with E-state index in [-0.39, 0.29) is 0 Å². The zero-order chi connectivity index (χ0) is 14.8. The Bertz CT molecular complexity index is 606. The van der Waals surface area contributed by atoms with Crippen molar-refractivity contribution in [2.45, 2.75) is 20.8 Å². The van der Waals surface area contributed by atoms with Gasteiger partial charge in [0.05, 0.1) is 5.52 Å². The normalized spacial score (nSPS) is 11.1. The highest BCUT2D eigenvalue weighted by molar-refractivity contribution is 5.84. The van der Waals surface area contributed by atoms with E-state index in [9.17, 15) is 0 Å². The predicted octanol–water partition coefficient (Wildman–Crippen LogP) is 5.29. The molecule has 0 aliphatic heterocycles. The Balaban J connectivity index is 0.000000956. The summed E-state index contributed by atoms with van der Waals surface area (Å²) in [5.41, 5.74) is 0.924. The standard InChI is InChI=1S/C16H15NO.C2H6/c1-3-7-13(8-4-2)18-16-11-12-17-15-10-6-5-9-14(15)16;1-2/h3-12H,1H2,2H3;1-2H3/b8-4-,13-7+;. The third kappa shape index (κ3) is 4.09. The molecular formula is C18H21NO. The molecule has 0 spiro atoms. The summed E-state index contributed by atoms with van der Waals surface area (Å²) in [6, 6.07) is 9.77. The molecule has 0 aliphatic carbocycles. The lowest BCUT2D eigenvalue weighted by Gasteiger charge is -2.08. The highest BCUT2D eigenvalue weighted by Crippen LogP contribution is 2.25. The average Bonchev–Trinajstić information content (AvgIpc) is 2.50. The number of para-hydroxylation sites is 1. The van der Waals surface area contributed by atoms with Crippen LogP contribution in [0, 0.1) is 0 Å². The van der Waals surface area contributed by atoms with Gasteiger partial charge in [0.15, 0.2) is 0 Å². The van der Waals surface area contributed by atoms with E-state index in [0.29, 0.717) is 0 Å². The first-order valence-electron chi connectivity index (χ1n) is 6.82. The molecule has 2 nitrogen and oxygen atoms in total. The average molecular weight is 267 g/mol. The van der Waals surface area contributed by atoms with Gasteiger partial charge in [0.1, 0.15) is 11.5 Å². The number of allylic oxidation sites excluding steroid dienone is 4. The Morgan fingerprint density at radius 2 is 1.95 bits per heavy atom. The molecule has 0 saturated carbocycles. The first kappa shape index (κ1) is 15.7. The Morgan fingerprint density at radius 3 is 2.65 bits per heavy atom. The Hall–Kier alpha value is -2.35. The van der Waals surface area contributed by atoms with Gasteiger partial charge in [0.25, 0.3) is 0 Å². The molecule has 1 heterocycles. The van der Waals surface area contributed by atoms with Crippen LogP contribution >= 0.6 is 0 Å². The van der Waals surface area contributed by atoms with Gasteiger partial charge in [-0.1, -0.05) is 44.7 Å². The van der Waals surface area contributed by atoms with Gasteiger partial charge in [-0.15, -0.1) is 0 Å². The molecule has 2 rings (SSSR count). The van der Waals surface area contributed by atoms with Crippen molar-refractivity contribution in [3.05, 3.63) is 73.2 Å². The number of nitrogens with zero attached hydrogens (tertiary/aromatic N) is 1. The molecule has 0 amide bonds. The molecule has 0 radical (unpaired) electrons. The quantitative estimate of drug-likeness (QED) is 0.555. The Kier molecular flexibility index (Phi) is 6.83. The number of pyridine rings is 1. The van der Waals surface area contributed by atoms with Gasteiger partial charge >= 0.3 is 0 Å². The molecule has 0 fully saturated rings. The maximum atomic E-state index is 5.87. The molecule has 20 heavy (non-hydrogen) atoms. The van der Waals surface area contributed by atoms with E-state index in [4.69, 9.17) is 4.74 Å². The van der Waals surface area contributed by atoms with Crippen molar-refractivity contribution >= 4 is 10.9 Å².